The highest BCUT2D eigenvalue weighted by Crippen LogP contribution is 2.09. The summed E-state index contributed by atoms with van der Waals surface area (Å²) < 4.78 is 6.62. The van der Waals surface area contributed by atoms with Crippen LogP contribution in [0.5, 0.6) is 0 Å². The molecule has 0 spiro atoms. The standard InChI is InChI=1S/C12H21N3O2/c1-9(2)15-8-10(7-14-15)6-13-12(3,4)11(16)17-5/h7-9,13H,6H2,1-5H3. The molecular formula is C12H21N3O2. The number of rotatable bonds is 5. The molecule has 1 aromatic heterocycles. The van der Waals surface area contributed by atoms with Gasteiger partial charge >= 0.3 is 5.97 Å². The van der Waals surface area contributed by atoms with Crippen molar-refractivity contribution in [1.82, 2.24) is 15.1 Å². The number of methoxy groups -OCH3 is 1. The van der Waals surface area contributed by atoms with Gasteiger partial charge in [0.1, 0.15) is 5.54 Å². The number of nitrogens with zero attached hydrogens (tertiary/aromatic N) is 2. The Labute approximate surface area is 102 Å². The number of aromatic nitrogens is 2. The van der Waals surface area contributed by atoms with Crippen molar-refractivity contribution in [1.29, 1.82) is 0 Å². The zero-order valence-corrected chi connectivity index (χ0v) is 11.2. The highest BCUT2D eigenvalue weighted by molar-refractivity contribution is 5.79. The Hall–Kier alpha value is -1.36. The number of carbonyl (C=O) groups is 1. The smallest absolute Gasteiger partial charge is 0.325 e. The molecule has 1 rings (SSSR count). The van der Waals surface area contributed by atoms with Gasteiger partial charge in [-0.25, -0.2) is 0 Å². The van der Waals surface area contributed by atoms with Crippen LogP contribution in [0, 0.1) is 0 Å². The van der Waals surface area contributed by atoms with Crippen LogP contribution >= 0.6 is 0 Å². The Morgan fingerprint density at radius 1 is 1.59 bits per heavy atom. The second kappa shape index (κ2) is 5.31. The molecule has 0 saturated heterocycles. The molecule has 0 fully saturated rings. The van der Waals surface area contributed by atoms with Crippen LogP contribution in [0.4, 0.5) is 0 Å². The molecular weight excluding hydrogens is 218 g/mol. The third-order valence-electron chi connectivity index (χ3n) is 2.61. The number of carbonyl (C=O) groups excluding carboxylic acids is 1. The lowest BCUT2D eigenvalue weighted by Gasteiger charge is -2.22. The summed E-state index contributed by atoms with van der Waals surface area (Å²) in [6.45, 7) is 8.33. The van der Waals surface area contributed by atoms with Crippen molar-refractivity contribution in [2.75, 3.05) is 7.11 Å². The average Bonchev–Trinajstić information content (AvgIpc) is 2.74. The topological polar surface area (TPSA) is 56.1 Å². The average molecular weight is 239 g/mol. The number of esters is 1. The lowest BCUT2D eigenvalue weighted by atomic mass is 10.1. The minimum Gasteiger partial charge on any atom is -0.468 e. The molecule has 0 saturated carbocycles. The first kappa shape index (κ1) is 13.7. The Morgan fingerprint density at radius 3 is 2.71 bits per heavy atom. The first-order valence-corrected chi connectivity index (χ1v) is 5.73. The van der Waals surface area contributed by atoms with Crippen LogP contribution in [-0.4, -0.2) is 28.4 Å². The molecule has 0 atom stereocenters. The van der Waals surface area contributed by atoms with Gasteiger partial charge in [-0.15, -0.1) is 0 Å². The molecule has 0 aliphatic carbocycles. The van der Waals surface area contributed by atoms with Crippen LogP contribution in [0.1, 0.15) is 39.3 Å². The van der Waals surface area contributed by atoms with Crippen LogP contribution in [-0.2, 0) is 16.1 Å². The molecule has 5 heteroatoms. The van der Waals surface area contributed by atoms with Gasteiger partial charge < -0.3 is 4.74 Å². The molecule has 0 aromatic carbocycles. The molecule has 1 aromatic rings. The van der Waals surface area contributed by atoms with E-state index in [9.17, 15) is 4.79 Å². The molecule has 0 amide bonds. The van der Waals surface area contributed by atoms with Crippen molar-refractivity contribution in [3.63, 3.8) is 0 Å². The molecule has 96 valence electrons. The number of hydrogen-bond donors (Lipinski definition) is 1. The first-order valence-electron chi connectivity index (χ1n) is 5.73. The van der Waals surface area contributed by atoms with Gasteiger partial charge in [-0.3, -0.25) is 14.8 Å². The van der Waals surface area contributed by atoms with Crippen molar-refractivity contribution >= 4 is 5.97 Å². The summed E-state index contributed by atoms with van der Waals surface area (Å²) in [5.41, 5.74) is 0.366. The molecule has 0 unspecified atom stereocenters. The van der Waals surface area contributed by atoms with Crippen LogP contribution in [0.25, 0.3) is 0 Å². The third kappa shape index (κ3) is 3.56. The normalized spacial score (nSPS) is 11.9. The predicted octanol–water partition coefficient (Wildman–Crippen LogP) is 1.51. The van der Waals surface area contributed by atoms with Gasteiger partial charge in [0.25, 0.3) is 0 Å². The van der Waals surface area contributed by atoms with Crippen molar-refractivity contribution < 1.29 is 9.53 Å². The monoisotopic (exact) mass is 239 g/mol. The van der Waals surface area contributed by atoms with Crippen LogP contribution in [0.2, 0.25) is 0 Å². The van der Waals surface area contributed by atoms with Gasteiger partial charge in [0.2, 0.25) is 0 Å². The zero-order chi connectivity index (χ0) is 13.1. The van der Waals surface area contributed by atoms with Crippen LogP contribution < -0.4 is 5.32 Å². The van der Waals surface area contributed by atoms with E-state index >= 15 is 0 Å². The van der Waals surface area contributed by atoms with Crippen molar-refractivity contribution in [3.05, 3.63) is 18.0 Å². The van der Waals surface area contributed by atoms with E-state index in [1.54, 1.807) is 20.0 Å². The molecule has 0 aliphatic heterocycles. The van der Waals surface area contributed by atoms with Crippen molar-refractivity contribution in [3.8, 4) is 0 Å². The maximum atomic E-state index is 11.5. The summed E-state index contributed by atoms with van der Waals surface area (Å²) >= 11 is 0. The SMILES string of the molecule is COC(=O)C(C)(C)NCc1cnn(C(C)C)c1. The summed E-state index contributed by atoms with van der Waals surface area (Å²) in [6.07, 6.45) is 3.78. The quantitative estimate of drug-likeness (QED) is 0.791. The summed E-state index contributed by atoms with van der Waals surface area (Å²) in [7, 11) is 1.39. The largest absolute Gasteiger partial charge is 0.468 e. The van der Waals surface area contributed by atoms with Crippen LogP contribution in [0.15, 0.2) is 12.4 Å². The van der Waals surface area contributed by atoms with E-state index in [0.717, 1.165) is 5.56 Å². The highest BCUT2D eigenvalue weighted by Gasteiger charge is 2.27. The number of hydrogen-bond acceptors (Lipinski definition) is 4. The van der Waals surface area contributed by atoms with Gasteiger partial charge in [0.15, 0.2) is 0 Å². The van der Waals surface area contributed by atoms with Gasteiger partial charge in [-0.05, 0) is 27.7 Å². The van der Waals surface area contributed by atoms with E-state index in [1.165, 1.54) is 7.11 Å². The lowest BCUT2D eigenvalue weighted by Crippen LogP contribution is -2.46. The molecule has 5 nitrogen and oxygen atoms in total. The van der Waals surface area contributed by atoms with E-state index in [1.807, 2.05) is 10.9 Å². The number of nitrogens with one attached hydrogen (secondary N) is 1. The minimum atomic E-state index is -0.686. The Morgan fingerprint density at radius 2 is 2.24 bits per heavy atom. The maximum absolute atomic E-state index is 11.5. The number of ether oxygens (including phenoxy) is 1. The molecule has 0 aliphatic rings. The van der Waals surface area contributed by atoms with Gasteiger partial charge in [-0.1, -0.05) is 0 Å². The summed E-state index contributed by atoms with van der Waals surface area (Å²) in [6, 6.07) is 0.345. The maximum Gasteiger partial charge on any atom is 0.325 e. The summed E-state index contributed by atoms with van der Waals surface area (Å²) in [5.74, 6) is -0.270. The van der Waals surface area contributed by atoms with E-state index in [-0.39, 0.29) is 5.97 Å². The fourth-order valence-electron chi connectivity index (χ4n) is 1.40. The van der Waals surface area contributed by atoms with Crippen molar-refractivity contribution in [2.45, 2.75) is 45.8 Å². The molecule has 0 bridgehead atoms. The van der Waals surface area contributed by atoms with Crippen molar-refractivity contribution in [2.24, 2.45) is 0 Å². The summed E-state index contributed by atoms with van der Waals surface area (Å²) in [4.78, 5) is 11.5. The predicted molar refractivity (Wildman–Crippen MR) is 65.5 cm³/mol. The van der Waals surface area contributed by atoms with E-state index < -0.39 is 5.54 Å². The molecule has 0 radical (unpaired) electrons. The lowest BCUT2D eigenvalue weighted by molar-refractivity contribution is -0.147. The second-order valence-corrected chi connectivity index (χ2v) is 4.89. The van der Waals surface area contributed by atoms with Crippen LogP contribution in [0.3, 0.4) is 0 Å². The fraction of sp³-hybridized carbons (Fsp3) is 0.667. The Kier molecular flexibility index (Phi) is 4.28. The minimum absolute atomic E-state index is 0.270. The Bertz CT molecular complexity index is 383. The molecule has 1 heterocycles. The van der Waals surface area contributed by atoms with Gasteiger partial charge in [0, 0.05) is 24.3 Å². The zero-order valence-electron chi connectivity index (χ0n) is 11.2. The van der Waals surface area contributed by atoms with E-state index in [0.29, 0.717) is 12.6 Å². The Balaban J connectivity index is 2.58. The van der Waals surface area contributed by atoms with Gasteiger partial charge in [0.05, 0.1) is 13.3 Å². The van der Waals surface area contributed by atoms with E-state index in [4.69, 9.17) is 4.74 Å². The molecule has 1 N–H and O–H groups in total. The molecule has 17 heavy (non-hydrogen) atoms. The fourth-order valence-corrected chi connectivity index (χ4v) is 1.40. The van der Waals surface area contributed by atoms with E-state index in [2.05, 4.69) is 24.3 Å². The first-order chi connectivity index (χ1) is 7.86. The second-order valence-electron chi connectivity index (χ2n) is 4.89. The summed E-state index contributed by atoms with van der Waals surface area (Å²) in [5, 5.41) is 7.39. The third-order valence-corrected chi connectivity index (χ3v) is 2.61. The van der Waals surface area contributed by atoms with Gasteiger partial charge in [-0.2, -0.15) is 5.10 Å². The highest BCUT2D eigenvalue weighted by atomic mass is 16.5.